The molecule has 0 radical (unpaired) electrons. The molecule has 1 aliphatic heterocycles. The highest BCUT2D eigenvalue weighted by molar-refractivity contribution is 5.78. The number of aromatic nitrogens is 5. The van der Waals surface area contributed by atoms with E-state index in [1.807, 2.05) is 13.1 Å². The van der Waals surface area contributed by atoms with E-state index in [2.05, 4.69) is 58.0 Å². The Balaban J connectivity index is 1.34. The van der Waals surface area contributed by atoms with Gasteiger partial charge in [0.1, 0.15) is 30.6 Å². The lowest BCUT2D eigenvalue weighted by Gasteiger charge is -2.34. The second kappa shape index (κ2) is 10.5. The van der Waals surface area contributed by atoms with E-state index in [1.165, 1.54) is 5.56 Å². The van der Waals surface area contributed by atoms with Gasteiger partial charge in [0, 0.05) is 42.2 Å². The Morgan fingerprint density at radius 2 is 2.00 bits per heavy atom. The minimum atomic E-state index is 0.214. The van der Waals surface area contributed by atoms with Crippen LogP contribution in [0.5, 0.6) is 5.75 Å². The highest BCUT2D eigenvalue weighted by atomic mass is 16.5. The zero-order chi connectivity index (χ0) is 27.0. The molecule has 0 saturated carbocycles. The van der Waals surface area contributed by atoms with Crippen molar-refractivity contribution in [3.8, 4) is 16.9 Å². The first-order chi connectivity index (χ1) is 18.9. The molecule has 0 unspecified atom stereocenters. The van der Waals surface area contributed by atoms with Crippen LogP contribution >= 0.6 is 0 Å². The third-order valence-corrected chi connectivity index (χ3v) is 7.60. The van der Waals surface area contributed by atoms with Crippen molar-refractivity contribution in [1.82, 2.24) is 24.9 Å². The highest BCUT2D eigenvalue weighted by Gasteiger charge is 2.31. The van der Waals surface area contributed by atoms with E-state index >= 15 is 0 Å². The van der Waals surface area contributed by atoms with Crippen LogP contribution in [0.15, 0.2) is 30.5 Å². The van der Waals surface area contributed by atoms with Crippen LogP contribution in [0.1, 0.15) is 48.7 Å². The highest BCUT2D eigenvalue weighted by Crippen LogP contribution is 2.39. The van der Waals surface area contributed by atoms with Gasteiger partial charge >= 0.3 is 0 Å². The van der Waals surface area contributed by atoms with E-state index in [0.29, 0.717) is 33.0 Å². The molecule has 1 N–H and O–H groups in total. The maximum absolute atomic E-state index is 6.22. The number of methoxy groups -OCH3 is 1. The van der Waals surface area contributed by atoms with Crippen LogP contribution in [0, 0.1) is 12.3 Å². The number of H-pyrrole nitrogens is 1. The molecule has 1 aliphatic carbocycles. The molecule has 9 heteroatoms. The van der Waals surface area contributed by atoms with E-state index in [9.17, 15) is 0 Å². The van der Waals surface area contributed by atoms with Crippen LogP contribution in [0.2, 0.25) is 0 Å². The third-order valence-electron chi connectivity index (χ3n) is 7.60. The number of anilines is 1. The van der Waals surface area contributed by atoms with E-state index in [-0.39, 0.29) is 5.41 Å². The standard InChI is InChI=1S/C30H36N6O3/c1-19-32-25-14-21(16-31-28(25)33-19)20-5-6-26-22(13-20)17-36(9-10-39-26)29-23-15-30(2,3)8-7-24(23)34-27(35-29)18-38-12-11-37-4/h5-6,13-14,16H,7-12,15,17-18H2,1-4H3,(H,31,32,33). The molecule has 204 valence electrons. The Morgan fingerprint density at radius 1 is 1.10 bits per heavy atom. The fraction of sp³-hybridized carbons (Fsp3) is 0.467. The maximum atomic E-state index is 6.22. The van der Waals surface area contributed by atoms with Crippen molar-refractivity contribution >= 4 is 17.0 Å². The van der Waals surface area contributed by atoms with Crippen LogP contribution < -0.4 is 9.64 Å². The normalized spacial score (nSPS) is 16.5. The lowest BCUT2D eigenvalue weighted by molar-refractivity contribution is 0.0584. The Hall–Kier alpha value is -3.56. The first-order valence-electron chi connectivity index (χ1n) is 13.7. The summed E-state index contributed by atoms with van der Waals surface area (Å²) in [4.78, 5) is 24.7. The molecule has 4 heterocycles. The Labute approximate surface area is 229 Å². The molecule has 0 spiro atoms. The van der Waals surface area contributed by atoms with Crippen molar-refractivity contribution < 1.29 is 14.2 Å². The van der Waals surface area contributed by atoms with Gasteiger partial charge in [-0.2, -0.15) is 0 Å². The predicted molar refractivity (Wildman–Crippen MR) is 150 cm³/mol. The topological polar surface area (TPSA) is 98.3 Å². The number of benzene rings is 1. The summed E-state index contributed by atoms with van der Waals surface area (Å²) in [6.45, 7) is 10.1. The number of imidazole rings is 1. The number of pyridine rings is 1. The van der Waals surface area contributed by atoms with Crippen molar-refractivity contribution in [1.29, 1.82) is 0 Å². The number of hydrogen-bond donors (Lipinski definition) is 1. The van der Waals surface area contributed by atoms with Crippen LogP contribution in [0.4, 0.5) is 5.82 Å². The molecule has 6 rings (SSSR count). The number of nitrogens with zero attached hydrogens (tertiary/aromatic N) is 5. The molecular formula is C30H36N6O3. The monoisotopic (exact) mass is 528 g/mol. The van der Waals surface area contributed by atoms with Gasteiger partial charge in [-0.15, -0.1) is 0 Å². The molecule has 9 nitrogen and oxygen atoms in total. The number of aromatic amines is 1. The number of hydrogen-bond acceptors (Lipinski definition) is 8. The fourth-order valence-electron chi connectivity index (χ4n) is 5.54. The fourth-order valence-corrected chi connectivity index (χ4v) is 5.54. The zero-order valence-corrected chi connectivity index (χ0v) is 23.2. The van der Waals surface area contributed by atoms with Crippen LogP contribution in [0.25, 0.3) is 22.3 Å². The third kappa shape index (κ3) is 5.46. The molecule has 0 saturated heterocycles. The van der Waals surface area contributed by atoms with Gasteiger partial charge in [-0.3, -0.25) is 0 Å². The van der Waals surface area contributed by atoms with E-state index < -0.39 is 0 Å². The minimum Gasteiger partial charge on any atom is -0.491 e. The average Bonchev–Trinajstić information content (AvgIpc) is 3.16. The van der Waals surface area contributed by atoms with E-state index in [4.69, 9.17) is 24.2 Å². The molecule has 3 aromatic heterocycles. The van der Waals surface area contributed by atoms with E-state index in [1.54, 1.807) is 7.11 Å². The molecule has 0 amide bonds. The molecular weight excluding hydrogens is 492 g/mol. The molecule has 4 aromatic rings. The quantitative estimate of drug-likeness (QED) is 0.342. The lowest BCUT2D eigenvalue weighted by Crippen LogP contribution is -2.32. The van der Waals surface area contributed by atoms with Gasteiger partial charge in [-0.25, -0.2) is 19.9 Å². The van der Waals surface area contributed by atoms with Gasteiger partial charge in [-0.05, 0) is 55.4 Å². The second-order valence-corrected chi connectivity index (χ2v) is 11.3. The summed E-state index contributed by atoms with van der Waals surface area (Å²) in [6, 6.07) is 8.50. The largest absolute Gasteiger partial charge is 0.491 e. The van der Waals surface area contributed by atoms with Gasteiger partial charge in [0.15, 0.2) is 11.5 Å². The van der Waals surface area contributed by atoms with Crippen LogP contribution in [0.3, 0.4) is 0 Å². The average molecular weight is 529 g/mol. The van der Waals surface area contributed by atoms with Crippen molar-refractivity contribution in [3.63, 3.8) is 0 Å². The second-order valence-electron chi connectivity index (χ2n) is 11.3. The summed E-state index contributed by atoms with van der Waals surface area (Å²) >= 11 is 0. The smallest absolute Gasteiger partial charge is 0.177 e. The number of ether oxygens (including phenoxy) is 3. The van der Waals surface area contributed by atoms with Crippen molar-refractivity contribution in [3.05, 3.63) is 58.9 Å². The van der Waals surface area contributed by atoms with E-state index in [0.717, 1.165) is 82.6 Å². The molecule has 39 heavy (non-hydrogen) atoms. The summed E-state index contributed by atoms with van der Waals surface area (Å²) in [5, 5.41) is 0. The van der Waals surface area contributed by atoms with Gasteiger partial charge in [0.25, 0.3) is 0 Å². The molecule has 1 aromatic carbocycles. The molecule has 2 aliphatic rings. The summed E-state index contributed by atoms with van der Waals surface area (Å²) in [6.07, 6.45) is 4.92. The van der Waals surface area contributed by atoms with Crippen LogP contribution in [-0.4, -0.2) is 58.4 Å². The number of fused-ring (bicyclic) bond motifs is 3. The number of rotatable bonds is 7. The van der Waals surface area contributed by atoms with Gasteiger partial charge < -0.3 is 24.1 Å². The summed E-state index contributed by atoms with van der Waals surface area (Å²) in [5.41, 5.74) is 7.57. The first-order valence-corrected chi connectivity index (χ1v) is 13.7. The summed E-state index contributed by atoms with van der Waals surface area (Å²) in [5.74, 6) is 3.52. The lowest BCUT2D eigenvalue weighted by atomic mass is 9.76. The predicted octanol–water partition coefficient (Wildman–Crippen LogP) is 4.80. The Kier molecular flexibility index (Phi) is 6.95. The van der Waals surface area contributed by atoms with Gasteiger partial charge in [0.2, 0.25) is 0 Å². The molecule has 0 bridgehead atoms. The number of nitrogens with one attached hydrogen (secondary N) is 1. The maximum Gasteiger partial charge on any atom is 0.177 e. The Bertz CT molecular complexity index is 1500. The summed E-state index contributed by atoms with van der Waals surface area (Å²) < 4.78 is 17.1. The van der Waals surface area contributed by atoms with Gasteiger partial charge in [-0.1, -0.05) is 19.9 Å². The summed E-state index contributed by atoms with van der Waals surface area (Å²) in [7, 11) is 1.68. The van der Waals surface area contributed by atoms with Crippen molar-refractivity contribution in [2.45, 2.75) is 53.2 Å². The molecule has 0 atom stereocenters. The zero-order valence-electron chi connectivity index (χ0n) is 23.2. The van der Waals surface area contributed by atoms with Crippen LogP contribution in [-0.2, 0) is 35.5 Å². The SMILES string of the molecule is COCCOCc1nc2c(c(N3CCOc4ccc(-c5cnc6nc(C)[nH]c6c5)cc4C3)n1)CC(C)(C)CC2. The number of aryl methyl sites for hydroxylation is 2. The minimum absolute atomic E-state index is 0.214. The van der Waals surface area contributed by atoms with Crippen molar-refractivity contribution in [2.24, 2.45) is 5.41 Å². The first kappa shape index (κ1) is 25.7. The Morgan fingerprint density at radius 3 is 2.87 bits per heavy atom. The van der Waals surface area contributed by atoms with Gasteiger partial charge in [0.05, 0.1) is 25.3 Å². The molecule has 0 fully saturated rings. The van der Waals surface area contributed by atoms with Crippen molar-refractivity contribution in [2.75, 3.05) is 38.4 Å².